The molecule has 0 aliphatic heterocycles. The van der Waals surface area contributed by atoms with Crippen LogP contribution in [0.25, 0.3) is 0 Å². The van der Waals surface area contributed by atoms with Crippen LogP contribution in [0.3, 0.4) is 0 Å². The highest BCUT2D eigenvalue weighted by atomic mass is 16.5. The summed E-state index contributed by atoms with van der Waals surface area (Å²) in [7, 11) is 1.73. The van der Waals surface area contributed by atoms with Crippen LogP contribution in [0.15, 0.2) is 0 Å². The van der Waals surface area contributed by atoms with E-state index in [1.165, 1.54) is 6.42 Å². The van der Waals surface area contributed by atoms with Crippen molar-refractivity contribution < 1.29 is 14.2 Å². The van der Waals surface area contributed by atoms with Crippen LogP contribution in [0.4, 0.5) is 0 Å². The van der Waals surface area contributed by atoms with Gasteiger partial charge < -0.3 is 19.5 Å². The Labute approximate surface area is 106 Å². The highest BCUT2D eigenvalue weighted by molar-refractivity contribution is 4.55. The minimum atomic E-state index is 0.243. The van der Waals surface area contributed by atoms with Crippen LogP contribution in [0.1, 0.15) is 33.1 Å². The number of hydrogen-bond acceptors (Lipinski definition) is 4. The summed E-state index contributed by atoms with van der Waals surface area (Å²) in [5.41, 5.74) is 0. The molecule has 0 saturated carbocycles. The summed E-state index contributed by atoms with van der Waals surface area (Å²) in [6.07, 6.45) is 3.61. The molecule has 0 aromatic heterocycles. The average molecular weight is 247 g/mol. The van der Waals surface area contributed by atoms with Gasteiger partial charge in [0, 0.05) is 26.9 Å². The third-order valence-corrected chi connectivity index (χ3v) is 2.41. The van der Waals surface area contributed by atoms with Crippen molar-refractivity contribution in [3.05, 3.63) is 0 Å². The SMILES string of the molecule is CCCCOCCOC(C)CNCCCOC. The lowest BCUT2D eigenvalue weighted by molar-refractivity contribution is 0.0121. The van der Waals surface area contributed by atoms with Crippen molar-refractivity contribution in [2.75, 3.05) is 46.6 Å². The van der Waals surface area contributed by atoms with Crippen LogP contribution in [0.2, 0.25) is 0 Å². The fourth-order valence-electron chi connectivity index (χ4n) is 1.36. The van der Waals surface area contributed by atoms with Gasteiger partial charge in [-0.2, -0.15) is 0 Å². The monoisotopic (exact) mass is 247 g/mol. The lowest BCUT2D eigenvalue weighted by Gasteiger charge is -2.14. The van der Waals surface area contributed by atoms with Gasteiger partial charge >= 0.3 is 0 Å². The maximum Gasteiger partial charge on any atom is 0.0704 e. The quantitative estimate of drug-likeness (QED) is 0.504. The van der Waals surface area contributed by atoms with Crippen LogP contribution in [0.5, 0.6) is 0 Å². The third kappa shape index (κ3) is 13.8. The van der Waals surface area contributed by atoms with E-state index in [2.05, 4.69) is 19.2 Å². The van der Waals surface area contributed by atoms with Crippen molar-refractivity contribution in [3.8, 4) is 0 Å². The lowest BCUT2D eigenvalue weighted by atomic mass is 10.3. The Morgan fingerprint density at radius 3 is 2.59 bits per heavy atom. The van der Waals surface area contributed by atoms with E-state index in [0.717, 1.165) is 39.1 Å². The molecule has 0 fully saturated rings. The van der Waals surface area contributed by atoms with Crippen LogP contribution >= 0.6 is 0 Å². The predicted octanol–water partition coefficient (Wildman–Crippen LogP) is 1.83. The first-order valence-corrected chi connectivity index (χ1v) is 6.70. The molecular weight excluding hydrogens is 218 g/mol. The van der Waals surface area contributed by atoms with Gasteiger partial charge in [-0.25, -0.2) is 0 Å². The summed E-state index contributed by atoms with van der Waals surface area (Å²) in [4.78, 5) is 0. The molecule has 1 N–H and O–H groups in total. The molecule has 1 unspecified atom stereocenters. The zero-order valence-corrected chi connectivity index (χ0v) is 11.7. The molecule has 0 radical (unpaired) electrons. The first-order chi connectivity index (χ1) is 8.31. The van der Waals surface area contributed by atoms with Crippen molar-refractivity contribution >= 4 is 0 Å². The molecule has 1 atom stereocenters. The Bertz CT molecular complexity index is 145. The molecule has 0 aromatic rings. The fraction of sp³-hybridized carbons (Fsp3) is 1.00. The first-order valence-electron chi connectivity index (χ1n) is 6.70. The summed E-state index contributed by atoms with van der Waals surface area (Å²) < 4.78 is 16.0. The fourth-order valence-corrected chi connectivity index (χ4v) is 1.36. The number of unbranched alkanes of at least 4 members (excludes halogenated alkanes) is 1. The van der Waals surface area contributed by atoms with Crippen molar-refractivity contribution in [2.24, 2.45) is 0 Å². The normalized spacial score (nSPS) is 12.9. The Hall–Kier alpha value is -0.160. The summed E-state index contributed by atoms with van der Waals surface area (Å²) in [6.45, 7) is 9.16. The molecule has 0 bridgehead atoms. The zero-order valence-electron chi connectivity index (χ0n) is 11.7. The highest BCUT2D eigenvalue weighted by Crippen LogP contribution is 1.91. The minimum absolute atomic E-state index is 0.243. The summed E-state index contributed by atoms with van der Waals surface area (Å²) in [5, 5.41) is 3.34. The average Bonchev–Trinajstić information content (AvgIpc) is 2.33. The van der Waals surface area contributed by atoms with E-state index in [1.807, 2.05) is 0 Å². The molecule has 0 spiro atoms. The second-order valence-electron chi connectivity index (χ2n) is 4.20. The van der Waals surface area contributed by atoms with Crippen molar-refractivity contribution in [3.63, 3.8) is 0 Å². The third-order valence-electron chi connectivity index (χ3n) is 2.41. The van der Waals surface area contributed by atoms with Gasteiger partial charge in [0.25, 0.3) is 0 Å². The van der Waals surface area contributed by atoms with Crippen molar-refractivity contribution in [1.29, 1.82) is 0 Å². The summed E-state index contributed by atoms with van der Waals surface area (Å²) in [5.74, 6) is 0. The molecule has 17 heavy (non-hydrogen) atoms. The van der Waals surface area contributed by atoms with E-state index in [-0.39, 0.29) is 6.10 Å². The number of ether oxygens (including phenoxy) is 3. The van der Waals surface area contributed by atoms with Gasteiger partial charge in [0.2, 0.25) is 0 Å². The molecule has 4 nitrogen and oxygen atoms in total. The van der Waals surface area contributed by atoms with Gasteiger partial charge in [0.15, 0.2) is 0 Å². The molecular formula is C13H29NO3. The van der Waals surface area contributed by atoms with E-state index in [1.54, 1.807) is 7.11 Å². The number of nitrogens with one attached hydrogen (secondary N) is 1. The van der Waals surface area contributed by atoms with Gasteiger partial charge in [-0.15, -0.1) is 0 Å². The number of hydrogen-bond donors (Lipinski definition) is 1. The highest BCUT2D eigenvalue weighted by Gasteiger charge is 2.00. The van der Waals surface area contributed by atoms with Crippen LogP contribution in [-0.2, 0) is 14.2 Å². The van der Waals surface area contributed by atoms with Gasteiger partial charge in [-0.1, -0.05) is 13.3 Å². The molecule has 0 rings (SSSR count). The second kappa shape index (κ2) is 13.9. The predicted molar refractivity (Wildman–Crippen MR) is 70.5 cm³/mol. The summed E-state index contributed by atoms with van der Waals surface area (Å²) >= 11 is 0. The number of rotatable bonds is 13. The smallest absolute Gasteiger partial charge is 0.0704 e. The zero-order chi connectivity index (χ0) is 12.8. The lowest BCUT2D eigenvalue weighted by Crippen LogP contribution is -2.29. The Morgan fingerprint density at radius 1 is 1.06 bits per heavy atom. The second-order valence-corrected chi connectivity index (χ2v) is 4.20. The van der Waals surface area contributed by atoms with Gasteiger partial charge in [-0.05, 0) is 26.3 Å². The summed E-state index contributed by atoms with van der Waals surface area (Å²) in [6, 6.07) is 0. The Balaban J connectivity index is 3.09. The molecule has 0 amide bonds. The first kappa shape index (κ1) is 16.8. The van der Waals surface area contributed by atoms with E-state index in [0.29, 0.717) is 13.2 Å². The van der Waals surface area contributed by atoms with Crippen LogP contribution in [-0.4, -0.2) is 52.7 Å². The van der Waals surface area contributed by atoms with Gasteiger partial charge in [-0.3, -0.25) is 0 Å². The molecule has 104 valence electrons. The molecule has 0 aliphatic carbocycles. The van der Waals surface area contributed by atoms with E-state index < -0.39 is 0 Å². The minimum Gasteiger partial charge on any atom is -0.385 e. The topological polar surface area (TPSA) is 39.7 Å². The largest absolute Gasteiger partial charge is 0.385 e. The van der Waals surface area contributed by atoms with Crippen molar-refractivity contribution in [2.45, 2.75) is 39.2 Å². The molecule has 0 saturated heterocycles. The van der Waals surface area contributed by atoms with E-state index >= 15 is 0 Å². The molecule has 0 heterocycles. The molecule has 0 aliphatic rings. The van der Waals surface area contributed by atoms with E-state index in [4.69, 9.17) is 14.2 Å². The van der Waals surface area contributed by atoms with Crippen molar-refractivity contribution in [1.82, 2.24) is 5.32 Å². The maximum absolute atomic E-state index is 5.61. The maximum atomic E-state index is 5.61. The van der Waals surface area contributed by atoms with E-state index in [9.17, 15) is 0 Å². The van der Waals surface area contributed by atoms with Crippen LogP contribution in [0, 0.1) is 0 Å². The van der Waals surface area contributed by atoms with Crippen LogP contribution < -0.4 is 5.32 Å². The standard InChI is InChI=1S/C13H29NO3/c1-4-5-9-16-10-11-17-13(2)12-14-7-6-8-15-3/h13-14H,4-12H2,1-3H3. The molecule has 0 aromatic carbocycles. The molecule has 4 heteroatoms. The number of methoxy groups -OCH3 is 1. The van der Waals surface area contributed by atoms with Gasteiger partial charge in [0.1, 0.15) is 0 Å². The van der Waals surface area contributed by atoms with Gasteiger partial charge in [0.05, 0.1) is 19.3 Å². The Kier molecular flexibility index (Phi) is 13.8. The Morgan fingerprint density at radius 2 is 1.88 bits per heavy atom.